The number of fused-ring (bicyclic) bond motifs is 2. The van der Waals surface area contributed by atoms with E-state index in [1.54, 1.807) is 23.1 Å². The third-order valence-corrected chi connectivity index (χ3v) is 6.91. The minimum Gasteiger partial charge on any atom is -0.349 e. The van der Waals surface area contributed by atoms with E-state index < -0.39 is 0 Å². The van der Waals surface area contributed by atoms with Gasteiger partial charge in [0.1, 0.15) is 5.82 Å². The van der Waals surface area contributed by atoms with E-state index >= 15 is 0 Å². The molecule has 0 saturated carbocycles. The summed E-state index contributed by atoms with van der Waals surface area (Å²) in [5.41, 5.74) is 1.89. The van der Waals surface area contributed by atoms with Crippen LogP contribution in [-0.2, 0) is 0 Å². The van der Waals surface area contributed by atoms with Crippen LogP contribution in [0.1, 0.15) is 5.82 Å². The lowest BCUT2D eigenvalue weighted by Gasteiger charge is -2.44. The lowest BCUT2D eigenvalue weighted by Crippen LogP contribution is -2.59. The van der Waals surface area contributed by atoms with E-state index in [1.165, 1.54) is 9.60 Å². The second-order valence-electron chi connectivity index (χ2n) is 6.69. The maximum atomic E-state index is 4.82. The van der Waals surface area contributed by atoms with E-state index in [0.29, 0.717) is 6.04 Å². The Kier molecular flexibility index (Phi) is 3.94. The summed E-state index contributed by atoms with van der Waals surface area (Å²) in [5, 5.41) is 9.51. The van der Waals surface area contributed by atoms with E-state index in [4.69, 9.17) is 4.98 Å². The number of likely N-dealkylation sites (N-methyl/N-ethyl adjacent to an activating group) is 1. The topological polar surface area (TPSA) is 62.5 Å². The number of hydrogen-bond acceptors (Lipinski definition) is 8. The molecule has 1 saturated heterocycles. The first-order valence-electron chi connectivity index (χ1n) is 8.73. The van der Waals surface area contributed by atoms with Gasteiger partial charge in [-0.05, 0) is 31.4 Å². The molecule has 1 aromatic carbocycles. The average molecular weight is 398 g/mol. The highest BCUT2D eigenvalue weighted by molar-refractivity contribution is 7.98. The molecule has 0 radical (unpaired) electrons. The average Bonchev–Trinajstić information content (AvgIpc) is 3.24. The van der Waals surface area contributed by atoms with Gasteiger partial charge in [-0.3, -0.25) is 4.40 Å². The SMILES string of the molecule is CSc1ccc2nc(N(C)C3CN(c4nccn5c(C)nnc45)C3)sc2c1. The highest BCUT2D eigenvalue weighted by Gasteiger charge is 2.33. The molecule has 0 unspecified atom stereocenters. The Balaban J connectivity index is 1.35. The van der Waals surface area contributed by atoms with Gasteiger partial charge in [0, 0.05) is 37.4 Å². The number of aromatic nitrogens is 5. The molecule has 0 bridgehead atoms. The Hall–Kier alpha value is -2.39. The van der Waals surface area contributed by atoms with Crippen LogP contribution in [0.5, 0.6) is 0 Å². The molecule has 4 aromatic rings. The Morgan fingerprint density at radius 1 is 1.26 bits per heavy atom. The number of thioether (sulfide) groups is 1. The summed E-state index contributed by atoms with van der Waals surface area (Å²) in [6, 6.07) is 6.88. The molecule has 0 aliphatic carbocycles. The van der Waals surface area contributed by atoms with Crippen LogP contribution in [0.4, 0.5) is 10.9 Å². The summed E-state index contributed by atoms with van der Waals surface area (Å²) in [7, 11) is 2.13. The van der Waals surface area contributed by atoms with Crippen LogP contribution in [0.3, 0.4) is 0 Å². The van der Waals surface area contributed by atoms with Crippen molar-refractivity contribution >= 4 is 49.9 Å². The monoisotopic (exact) mass is 397 g/mol. The summed E-state index contributed by atoms with van der Waals surface area (Å²) in [5.74, 6) is 1.78. The molecule has 9 heteroatoms. The summed E-state index contributed by atoms with van der Waals surface area (Å²) < 4.78 is 3.22. The fraction of sp³-hybridized carbons (Fsp3) is 0.333. The van der Waals surface area contributed by atoms with Crippen molar-refractivity contribution in [2.24, 2.45) is 0 Å². The van der Waals surface area contributed by atoms with Gasteiger partial charge < -0.3 is 9.80 Å². The highest BCUT2D eigenvalue weighted by Crippen LogP contribution is 2.34. The van der Waals surface area contributed by atoms with Crippen molar-refractivity contribution < 1.29 is 0 Å². The number of thiazole rings is 1. The second kappa shape index (κ2) is 6.35. The molecule has 3 aromatic heterocycles. The maximum Gasteiger partial charge on any atom is 0.203 e. The normalized spacial score (nSPS) is 14.9. The van der Waals surface area contributed by atoms with Crippen LogP contribution < -0.4 is 9.80 Å². The Bertz CT molecular complexity index is 1130. The molecule has 138 valence electrons. The van der Waals surface area contributed by atoms with Crippen molar-refractivity contribution in [2.45, 2.75) is 17.9 Å². The van der Waals surface area contributed by atoms with Crippen molar-refractivity contribution in [1.82, 2.24) is 24.6 Å². The second-order valence-corrected chi connectivity index (χ2v) is 8.58. The fourth-order valence-electron chi connectivity index (χ4n) is 3.35. The lowest BCUT2D eigenvalue weighted by atomic mass is 10.1. The zero-order chi connectivity index (χ0) is 18.5. The van der Waals surface area contributed by atoms with Crippen LogP contribution in [-0.4, -0.2) is 57.0 Å². The summed E-state index contributed by atoms with van der Waals surface area (Å²) in [4.78, 5) is 15.2. The molecule has 0 spiro atoms. The van der Waals surface area contributed by atoms with Gasteiger partial charge in [0.25, 0.3) is 0 Å². The van der Waals surface area contributed by atoms with Gasteiger partial charge in [-0.1, -0.05) is 11.3 Å². The predicted octanol–water partition coefficient (Wildman–Crippen LogP) is 3.09. The molecule has 1 fully saturated rings. The molecule has 5 rings (SSSR count). The van der Waals surface area contributed by atoms with Gasteiger partial charge in [-0.25, -0.2) is 9.97 Å². The van der Waals surface area contributed by atoms with Crippen molar-refractivity contribution in [1.29, 1.82) is 0 Å². The minimum absolute atomic E-state index is 0.414. The third-order valence-electron chi connectivity index (χ3n) is 5.07. The molecular formula is C18H19N7S2. The van der Waals surface area contributed by atoms with Gasteiger partial charge in [0.15, 0.2) is 10.9 Å². The number of aryl methyl sites for hydroxylation is 1. The van der Waals surface area contributed by atoms with Crippen LogP contribution >= 0.6 is 23.1 Å². The van der Waals surface area contributed by atoms with Gasteiger partial charge >= 0.3 is 0 Å². The first-order valence-corrected chi connectivity index (χ1v) is 10.8. The Labute approximate surface area is 165 Å². The predicted molar refractivity (Wildman–Crippen MR) is 111 cm³/mol. The van der Waals surface area contributed by atoms with E-state index in [-0.39, 0.29) is 0 Å². The first kappa shape index (κ1) is 16.8. The van der Waals surface area contributed by atoms with E-state index in [9.17, 15) is 0 Å². The van der Waals surface area contributed by atoms with E-state index in [2.05, 4.69) is 56.5 Å². The van der Waals surface area contributed by atoms with Crippen LogP contribution in [0, 0.1) is 6.92 Å². The molecule has 1 aliphatic rings. The van der Waals surface area contributed by atoms with Gasteiger partial charge in [-0.2, -0.15) is 0 Å². The van der Waals surface area contributed by atoms with Crippen LogP contribution in [0.15, 0.2) is 35.5 Å². The van der Waals surface area contributed by atoms with E-state index in [1.807, 2.05) is 23.7 Å². The number of benzene rings is 1. The minimum atomic E-state index is 0.414. The molecule has 7 nitrogen and oxygen atoms in total. The number of anilines is 2. The molecule has 4 heterocycles. The molecule has 1 aliphatic heterocycles. The zero-order valence-corrected chi connectivity index (χ0v) is 17.0. The third kappa shape index (κ3) is 2.72. The summed E-state index contributed by atoms with van der Waals surface area (Å²) >= 11 is 3.52. The van der Waals surface area contributed by atoms with Gasteiger partial charge in [0.05, 0.1) is 16.3 Å². The van der Waals surface area contributed by atoms with Crippen molar-refractivity contribution in [3.8, 4) is 0 Å². The van der Waals surface area contributed by atoms with Crippen LogP contribution in [0.25, 0.3) is 15.9 Å². The quantitative estimate of drug-likeness (QED) is 0.490. The molecule has 27 heavy (non-hydrogen) atoms. The first-order chi connectivity index (χ1) is 13.1. The Morgan fingerprint density at radius 2 is 2.11 bits per heavy atom. The fourth-order valence-corrected chi connectivity index (χ4v) is 4.90. The summed E-state index contributed by atoms with van der Waals surface area (Å²) in [6.07, 6.45) is 5.82. The zero-order valence-electron chi connectivity index (χ0n) is 15.3. The number of rotatable bonds is 4. The highest BCUT2D eigenvalue weighted by atomic mass is 32.2. The smallest absolute Gasteiger partial charge is 0.203 e. The van der Waals surface area contributed by atoms with Crippen LogP contribution in [0.2, 0.25) is 0 Å². The van der Waals surface area contributed by atoms with Gasteiger partial charge in [-0.15, -0.1) is 22.0 Å². The maximum absolute atomic E-state index is 4.82. The summed E-state index contributed by atoms with van der Waals surface area (Å²) in [6.45, 7) is 3.76. The largest absolute Gasteiger partial charge is 0.349 e. The van der Waals surface area contributed by atoms with E-state index in [0.717, 1.165) is 41.0 Å². The standard InChI is InChI=1S/C18H19N7S2/c1-11-21-22-17-16(19-6-7-25(11)17)24-9-12(10-24)23(2)18-20-14-5-4-13(26-3)8-15(14)27-18/h4-8,12H,9-10H2,1-3H3. The van der Waals surface area contributed by atoms with Crippen molar-refractivity contribution in [2.75, 3.05) is 36.2 Å². The van der Waals surface area contributed by atoms with Crippen molar-refractivity contribution in [3.05, 3.63) is 36.4 Å². The molecular weight excluding hydrogens is 378 g/mol. The Morgan fingerprint density at radius 3 is 2.93 bits per heavy atom. The molecule has 0 atom stereocenters. The number of nitrogens with zero attached hydrogens (tertiary/aromatic N) is 7. The van der Waals surface area contributed by atoms with Gasteiger partial charge in [0.2, 0.25) is 5.65 Å². The van der Waals surface area contributed by atoms with Crippen molar-refractivity contribution in [3.63, 3.8) is 0 Å². The number of hydrogen-bond donors (Lipinski definition) is 0. The molecule has 0 amide bonds. The molecule has 0 N–H and O–H groups in total. The lowest BCUT2D eigenvalue weighted by molar-refractivity contribution is 0.492.